The Morgan fingerprint density at radius 3 is 2.95 bits per heavy atom. The van der Waals surface area contributed by atoms with Gasteiger partial charge in [0.15, 0.2) is 17.6 Å². The van der Waals surface area contributed by atoms with Crippen LogP contribution in [0.3, 0.4) is 0 Å². The number of aliphatic hydroxyl groups excluding tert-OH is 1. The molecular formula is C13H10ClNO6. The van der Waals surface area contributed by atoms with Gasteiger partial charge in [-0.15, -0.1) is 0 Å². The van der Waals surface area contributed by atoms with Crippen LogP contribution in [0.25, 0.3) is 10.9 Å². The van der Waals surface area contributed by atoms with Gasteiger partial charge in [-0.3, -0.25) is 4.79 Å². The van der Waals surface area contributed by atoms with Crippen molar-refractivity contribution in [2.45, 2.75) is 6.10 Å². The number of halogens is 1. The summed E-state index contributed by atoms with van der Waals surface area (Å²) in [7, 11) is 0. The molecule has 1 aromatic heterocycles. The number of carbonyl (C=O) groups is 1. The second-order valence-electron chi connectivity index (χ2n) is 4.51. The molecule has 0 saturated heterocycles. The molecule has 1 atom stereocenters. The first-order valence-electron chi connectivity index (χ1n) is 6.04. The molecule has 0 fully saturated rings. The summed E-state index contributed by atoms with van der Waals surface area (Å²) in [5, 5.41) is 18.1. The number of hydrogen-bond acceptors (Lipinski definition) is 5. The van der Waals surface area contributed by atoms with Crippen LogP contribution in [0.5, 0.6) is 11.5 Å². The molecule has 0 saturated carbocycles. The molecule has 8 heteroatoms. The van der Waals surface area contributed by atoms with Gasteiger partial charge in [0.05, 0.1) is 22.5 Å². The molecule has 3 N–H and O–H groups in total. The number of nitrogens with one attached hydrogen (secondary N) is 1. The number of aromatic nitrogens is 1. The molecule has 0 bridgehead atoms. The van der Waals surface area contributed by atoms with Gasteiger partial charge in [0.2, 0.25) is 5.43 Å². The maximum atomic E-state index is 12.2. The Labute approximate surface area is 122 Å². The second-order valence-corrected chi connectivity index (χ2v) is 4.89. The Morgan fingerprint density at radius 1 is 1.52 bits per heavy atom. The van der Waals surface area contributed by atoms with Crippen molar-refractivity contribution >= 4 is 28.5 Å². The lowest BCUT2D eigenvalue weighted by molar-refractivity contribution is 0.0459. The van der Waals surface area contributed by atoms with Crippen LogP contribution in [-0.4, -0.2) is 40.5 Å². The summed E-state index contributed by atoms with van der Waals surface area (Å²) in [6.07, 6.45) is 0.583. The first-order chi connectivity index (χ1) is 10.0. The predicted octanol–water partition coefficient (Wildman–Crippen LogP) is 1.01. The summed E-state index contributed by atoms with van der Waals surface area (Å²) in [6, 6.07) is 1.49. The highest BCUT2D eigenvalue weighted by Crippen LogP contribution is 2.42. The van der Waals surface area contributed by atoms with Gasteiger partial charge in [-0.2, -0.15) is 0 Å². The predicted molar refractivity (Wildman–Crippen MR) is 73.5 cm³/mol. The van der Waals surface area contributed by atoms with E-state index >= 15 is 0 Å². The molecule has 110 valence electrons. The van der Waals surface area contributed by atoms with E-state index in [0.29, 0.717) is 5.52 Å². The van der Waals surface area contributed by atoms with E-state index in [1.807, 2.05) is 0 Å². The van der Waals surface area contributed by atoms with Crippen LogP contribution in [-0.2, 0) is 0 Å². The first kappa shape index (κ1) is 13.7. The van der Waals surface area contributed by atoms with Crippen molar-refractivity contribution in [1.29, 1.82) is 0 Å². The zero-order chi connectivity index (χ0) is 15.1. The van der Waals surface area contributed by atoms with Crippen LogP contribution >= 0.6 is 11.6 Å². The molecule has 7 nitrogen and oxygen atoms in total. The lowest BCUT2D eigenvalue weighted by Crippen LogP contribution is -2.32. The van der Waals surface area contributed by atoms with Gasteiger partial charge in [0.1, 0.15) is 12.2 Å². The number of carboxylic acid groups (broad SMARTS) is 1. The van der Waals surface area contributed by atoms with E-state index in [4.69, 9.17) is 31.3 Å². The normalized spacial score (nSPS) is 17.0. The molecule has 2 heterocycles. The number of aliphatic hydroxyl groups is 1. The van der Waals surface area contributed by atoms with E-state index in [1.54, 1.807) is 0 Å². The number of ether oxygens (including phenoxy) is 2. The number of carboxylic acids is 1. The molecule has 0 aliphatic carbocycles. The van der Waals surface area contributed by atoms with Gasteiger partial charge in [0.25, 0.3) is 0 Å². The lowest BCUT2D eigenvalue weighted by Gasteiger charge is -2.26. The minimum absolute atomic E-state index is 0.0109. The lowest BCUT2D eigenvalue weighted by atomic mass is 10.1. The average molecular weight is 312 g/mol. The smallest absolute Gasteiger partial charge is 0.341 e. The topological polar surface area (TPSA) is 109 Å². The first-order valence-corrected chi connectivity index (χ1v) is 6.42. The fourth-order valence-corrected chi connectivity index (χ4v) is 2.49. The summed E-state index contributed by atoms with van der Waals surface area (Å²) >= 11 is 6.15. The van der Waals surface area contributed by atoms with Gasteiger partial charge < -0.3 is 24.7 Å². The number of fused-ring (bicyclic) bond motifs is 2. The molecule has 3 rings (SSSR count). The average Bonchev–Trinajstić information content (AvgIpc) is 2.46. The standard InChI is InChI=1S/C13H10ClNO6/c14-10-9-7(15-2-6(11(9)17)13(18)19)1-8-12(10)20-4-5(3-16)21-8/h1-2,5,16H,3-4H2,(H,15,17)(H,18,19). The minimum atomic E-state index is -1.34. The van der Waals surface area contributed by atoms with E-state index in [1.165, 1.54) is 6.07 Å². The maximum Gasteiger partial charge on any atom is 0.341 e. The van der Waals surface area contributed by atoms with Gasteiger partial charge in [-0.05, 0) is 0 Å². The van der Waals surface area contributed by atoms with E-state index in [2.05, 4.69) is 4.98 Å². The molecule has 0 spiro atoms. The van der Waals surface area contributed by atoms with Crippen LogP contribution in [0.4, 0.5) is 0 Å². The van der Waals surface area contributed by atoms with Crippen molar-refractivity contribution in [3.63, 3.8) is 0 Å². The van der Waals surface area contributed by atoms with Crippen molar-refractivity contribution in [2.75, 3.05) is 13.2 Å². The Hall–Kier alpha value is -2.25. The third-order valence-corrected chi connectivity index (χ3v) is 3.53. The number of pyridine rings is 1. The van der Waals surface area contributed by atoms with E-state index in [-0.39, 0.29) is 35.1 Å². The maximum absolute atomic E-state index is 12.2. The van der Waals surface area contributed by atoms with Gasteiger partial charge in [0, 0.05) is 12.3 Å². The molecule has 0 amide bonds. The van der Waals surface area contributed by atoms with Gasteiger partial charge in [-0.25, -0.2) is 4.79 Å². The fraction of sp³-hybridized carbons (Fsp3) is 0.231. The summed E-state index contributed by atoms with van der Waals surface area (Å²) in [6.45, 7) is -0.130. The number of aromatic amines is 1. The van der Waals surface area contributed by atoms with Crippen molar-refractivity contribution in [3.8, 4) is 11.5 Å². The minimum Gasteiger partial charge on any atom is -0.484 e. The summed E-state index contributed by atoms with van der Waals surface area (Å²) in [5.41, 5.74) is -0.776. The van der Waals surface area contributed by atoms with Crippen LogP contribution in [0, 0.1) is 0 Å². The second kappa shape index (κ2) is 4.94. The van der Waals surface area contributed by atoms with E-state index < -0.39 is 23.1 Å². The number of rotatable bonds is 2. The molecule has 1 aliphatic heterocycles. The zero-order valence-electron chi connectivity index (χ0n) is 10.6. The quantitative estimate of drug-likeness (QED) is 0.764. The molecule has 2 aromatic rings. The van der Waals surface area contributed by atoms with Crippen LogP contribution < -0.4 is 14.9 Å². The molecular weight excluding hydrogens is 302 g/mol. The van der Waals surface area contributed by atoms with E-state index in [9.17, 15) is 9.59 Å². The Balaban J connectivity index is 2.28. The number of H-pyrrole nitrogens is 1. The Bertz CT molecular complexity index is 799. The number of hydrogen-bond donors (Lipinski definition) is 3. The van der Waals surface area contributed by atoms with E-state index in [0.717, 1.165) is 6.20 Å². The Kier molecular flexibility index (Phi) is 3.23. The number of benzene rings is 1. The van der Waals surface area contributed by atoms with Crippen LogP contribution in [0.2, 0.25) is 5.02 Å². The highest BCUT2D eigenvalue weighted by Gasteiger charge is 2.26. The van der Waals surface area contributed by atoms with Crippen molar-refractivity contribution in [3.05, 3.63) is 33.1 Å². The zero-order valence-corrected chi connectivity index (χ0v) is 11.3. The van der Waals surface area contributed by atoms with Crippen molar-refractivity contribution < 1.29 is 24.5 Å². The molecule has 0 radical (unpaired) electrons. The summed E-state index contributed by atoms with van der Waals surface area (Å²) in [5.74, 6) is -0.886. The molecule has 21 heavy (non-hydrogen) atoms. The third kappa shape index (κ3) is 2.10. The molecule has 1 unspecified atom stereocenters. The molecule has 1 aliphatic rings. The third-order valence-electron chi connectivity index (χ3n) is 3.17. The van der Waals surface area contributed by atoms with Gasteiger partial charge >= 0.3 is 5.97 Å². The van der Waals surface area contributed by atoms with Gasteiger partial charge in [-0.1, -0.05) is 11.6 Å². The Morgan fingerprint density at radius 2 is 2.29 bits per heavy atom. The van der Waals surface area contributed by atoms with Crippen molar-refractivity contribution in [2.24, 2.45) is 0 Å². The van der Waals surface area contributed by atoms with Crippen molar-refractivity contribution in [1.82, 2.24) is 4.98 Å². The monoisotopic (exact) mass is 311 g/mol. The number of aromatic carboxylic acids is 1. The fourth-order valence-electron chi connectivity index (χ4n) is 2.16. The highest BCUT2D eigenvalue weighted by molar-refractivity contribution is 6.37. The molecule has 1 aromatic carbocycles. The SMILES string of the molecule is O=C(O)c1c[nH]c2cc3c(c(Cl)c2c1=O)OCC(CO)O3. The van der Waals surface area contributed by atoms with Crippen LogP contribution in [0.15, 0.2) is 17.1 Å². The highest BCUT2D eigenvalue weighted by atomic mass is 35.5. The summed E-state index contributed by atoms with van der Waals surface area (Å²) in [4.78, 5) is 25.9. The summed E-state index contributed by atoms with van der Waals surface area (Å²) < 4.78 is 10.9. The van der Waals surface area contributed by atoms with Crippen LogP contribution in [0.1, 0.15) is 10.4 Å². The largest absolute Gasteiger partial charge is 0.484 e.